The Labute approximate surface area is 138 Å². The Bertz CT molecular complexity index is 613. The van der Waals surface area contributed by atoms with Crippen LogP contribution in [0.15, 0.2) is 48.7 Å². The van der Waals surface area contributed by atoms with Gasteiger partial charge in [-0.25, -0.2) is 4.98 Å². The van der Waals surface area contributed by atoms with Gasteiger partial charge in [0.15, 0.2) is 0 Å². The molecule has 0 aliphatic rings. The molecule has 1 atom stereocenters. The Morgan fingerprint density at radius 1 is 1.22 bits per heavy atom. The number of benzene rings is 1. The van der Waals surface area contributed by atoms with Gasteiger partial charge in [-0.1, -0.05) is 37.3 Å². The maximum Gasteiger partial charge on any atom is 0.251 e. The molecule has 2 N–H and O–H groups in total. The number of aryl methyl sites for hydroxylation is 1. The van der Waals surface area contributed by atoms with E-state index in [9.17, 15) is 4.79 Å². The summed E-state index contributed by atoms with van der Waals surface area (Å²) in [5, 5.41) is 6.25. The molecule has 2 rings (SSSR count). The molecule has 0 bridgehead atoms. The highest BCUT2D eigenvalue weighted by molar-refractivity contribution is 5.94. The van der Waals surface area contributed by atoms with Crippen molar-refractivity contribution in [2.75, 3.05) is 11.9 Å². The number of aromatic nitrogens is 1. The van der Waals surface area contributed by atoms with Crippen molar-refractivity contribution in [1.82, 2.24) is 10.3 Å². The minimum atomic E-state index is -0.0471. The predicted molar refractivity (Wildman–Crippen MR) is 94.7 cm³/mol. The summed E-state index contributed by atoms with van der Waals surface area (Å²) < 4.78 is 0. The van der Waals surface area contributed by atoms with E-state index in [1.807, 2.05) is 13.0 Å². The first kappa shape index (κ1) is 17.0. The van der Waals surface area contributed by atoms with E-state index in [2.05, 4.69) is 46.8 Å². The molecule has 1 amide bonds. The molecule has 0 fully saturated rings. The fourth-order valence-electron chi connectivity index (χ4n) is 2.23. The van der Waals surface area contributed by atoms with Crippen LogP contribution in [0, 0.1) is 0 Å². The molecule has 0 aliphatic carbocycles. The van der Waals surface area contributed by atoms with Gasteiger partial charge in [0.25, 0.3) is 5.91 Å². The van der Waals surface area contributed by atoms with E-state index in [4.69, 9.17) is 0 Å². The van der Waals surface area contributed by atoms with Gasteiger partial charge in [0.2, 0.25) is 0 Å². The van der Waals surface area contributed by atoms with E-state index in [0.717, 1.165) is 31.6 Å². The van der Waals surface area contributed by atoms with E-state index < -0.39 is 0 Å². The molecule has 1 aromatic heterocycles. The molecule has 1 aromatic carbocycles. The molecule has 0 aliphatic heterocycles. The lowest BCUT2D eigenvalue weighted by Gasteiger charge is -2.12. The summed E-state index contributed by atoms with van der Waals surface area (Å²) in [5.41, 5.74) is 1.98. The highest BCUT2D eigenvalue weighted by atomic mass is 16.1. The third-order valence-electron chi connectivity index (χ3n) is 3.80. The zero-order chi connectivity index (χ0) is 16.5. The first-order valence-corrected chi connectivity index (χ1v) is 8.23. The van der Waals surface area contributed by atoms with Crippen LogP contribution in [0.25, 0.3) is 0 Å². The third-order valence-corrected chi connectivity index (χ3v) is 3.80. The highest BCUT2D eigenvalue weighted by Crippen LogP contribution is 2.08. The fraction of sp³-hybridized carbons (Fsp3) is 0.368. The van der Waals surface area contributed by atoms with Gasteiger partial charge in [0, 0.05) is 24.3 Å². The second-order valence-corrected chi connectivity index (χ2v) is 5.73. The van der Waals surface area contributed by atoms with Crippen molar-refractivity contribution in [3.8, 4) is 0 Å². The lowest BCUT2D eigenvalue weighted by atomic mass is 10.1. The molecule has 23 heavy (non-hydrogen) atoms. The first-order valence-electron chi connectivity index (χ1n) is 8.23. The van der Waals surface area contributed by atoms with Gasteiger partial charge in [-0.3, -0.25) is 4.79 Å². The number of nitrogens with zero attached hydrogens (tertiary/aromatic N) is 1. The van der Waals surface area contributed by atoms with Crippen LogP contribution in [-0.4, -0.2) is 23.5 Å². The molecule has 4 heteroatoms. The van der Waals surface area contributed by atoms with Gasteiger partial charge in [-0.15, -0.1) is 0 Å². The largest absolute Gasteiger partial charge is 0.370 e. The molecule has 0 saturated heterocycles. The van der Waals surface area contributed by atoms with Crippen molar-refractivity contribution in [3.63, 3.8) is 0 Å². The zero-order valence-electron chi connectivity index (χ0n) is 13.9. The number of hydrogen-bond donors (Lipinski definition) is 2. The number of carbonyl (C=O) groups is 1. The van der Waals surface area contributed by atoms with Crippen LogP contribution in [0.1, 0.15) is 42.6 Å². The lowest BCUT2D eigenvalue weighted by Crippen LogP contribution is -2.31. The van der Waals surface area contributed by atoms with E-state index in [-0.39, 0.29) is 11.9 Å². The van der Waals surface area contributed by atoms with Crippen molar-refractivity contribution in [3.05, 3.63) is 59.8 Å². The van der Waals surface area contributed by atoms with Gasteiger partial charge in [-0.05, 0) is 43.9 Å². The average Bonchev–Trinajstić information content (AvgIpc) is 2.59. The number of hydrogen-bond acceptors (Lipinski definition) is 3. The van der Waals surface area contributed by atoms with E-state index in [1.54, 1.807) is 18.3 Å². The molecular formula is C19H25N3O. The van der Waals surface area contributed by atoms with Crippen LogP contribution >= 0.6 is 0 Å². The molecular weight excluding hydrogens is 286 g/mol. The summed E-state index contributed by atoms with van der Waals surface area (Å²) in [4.78, 5) is 16.4. The van der Waals surface area contributed by atoms with E-state index >= 15 is 0 Å². The highest BCUT2D eigenvalue weighted by Gasteiger charge is 2.09. The summed E-state index contributed by atoms with van der Waals surface area (Å²) in [6.07, 6.45) is 4.64. The Morgan fingerprint density at radius 2 is 2.00 bits per heavy atom. The topological polar surface area (TPSA) is 54.0 Å². The Morgan fingerprint density at radius 3 is 2.74 bits per heavy atom. The summed E-state index contributed by atoms with van der Waals surface area (Å²) in [5.74, 6) is 0.698. The quantitative estimate of drug-likeness (QED) is 0.732. The first-order chi connectivity index (χ1) is 11.2. The molecule has 1 heterocycles. The van der Waals surface area contributed by atoms with Crippen molar-refractivity contribution < 1.29 is 4.79 Å². The van der Waals surface area contributed by atoms with Gasteiger partial charge in [0.05, 0.1) is 0 Å². The molecule has 4 nitrogen and oxygen atoms in total. The molecule has 0 spiro atoms. The molecule has 0 radical (unpaired) electrons. The molecule has 1 unspecified atom stereocenters. The van der Waals surface area contributed by atoms with Crippen molar-refractivity contribution in [1.29, 1.82) is 0 Å². The van der Waals surface area contributed by atoms with Crippen LogP contribution in [0.5, 0.6) is 0 Å². The summed E-state index contributed by atoms with van der Waals surface area (Å²) in [6.45, 7) is 4.89. The molecule has 2 aromatic rings. The van der Waals surface area contributed by atoms with E-state index in [1.165, 1.54) is 5.56 Å². The number of rotatable bonds is 8. The Balaban J connectivity index is 1.81. The molecule has 0 saturated carbocycles. The van der Waals surface area contributed by atoms with Crippen LogP contribution in [0.2, 0.25) is 0 Å². The minimum absolute atomic E-state index is 0.0471. The summed E-state index contributed by atoms with van der Waals surface area (Å²) >= 11 is 0. The van der Waals surface area contributed by atoms with Crippen LogP contribution in [-0.2, 0) is 6.42 Å². The van der Waals surface area contributed by atoms with Gasteiger partial charge < -0.3 is 10.6 Å². The van der Waals surface area contributed by atoms with Gasteiger partial charge in [0.1, 0.15) is 5.82 Å². The minimum Gasteiger partial charge on any atom is -0.370 e. The normalized spacial score (nSPS) is 11.7. The summed E-state index contributed by atoms with van der Waals surface area (Å²) in [7, 11) is 0. The van der Waals surface area contributed by atoms with Crippen LogP contribution in [0.4, 0.5) is 5.82 Å². The number of carbonyl (C=O) groups excluding carboxylic acids is 1. The lowest BCUT2D eigenvalue weighted by molar-refractivity contribution is 0.0939. The monoisotopic (exact) mass is 311 g/mol. The van der Waals surface area contributed by atoms with Gasteiger partial charge >= 0.3 is 0 Å². The zero-order valence-corrected chi connectivity index (χ0v) is 13.9. The maximum absolute atomic E-state index is 12.1. The number of amides is 1. The SMILES string of the molecule is CCC(C)NC(=O)c1ccnc(NCCCc2ccccc2)c1. The number of pyridine rings is 1. The molecule has 122 valence electrons. The van der Waals surface area contributed by atoms with Gasteiger partial charge in [-0.2, -0.15) is 0 Å². The second-order valence-electron chi connectivity index (χ2n) is 5.73. The number of nitrogens with one attached hydrogen (secondary N) is 2. The smallest absolute Gasteiger partial charge is 0.251 e. The van der Waals surface area contributed by atoms with E-state index in [0.29, 0.717) is 5.56 Å². The number of anilines is 1. The van der Waals surface area contributed by atoms with Crippen molar-refractivity contribution in [2.24, 2.45) is 0 Å². The van der Waals surface area contributed by atoms with Crippen LogP contribution < -0.4 is 10.6 Å². The average molecular weight is 311 g/mol. The Hall–Kier alpha value is -2.36. The maximum atomic E-state index is 12.1. The van der Waals surface area contributed by atoms with Crippen LogP contribution in [0.3, 0.4) is 0 Å². The predicted octanol–water partition coefficient (Wildman–Crippen LogP) is 3.65. The van der Waals surface area contributed by atoms with Crippen molar-refractivity contribution >= 4 is 11.7 Å². The standard InChI is InChI=1S/C19H25N3O/c1-3-15(2)22-19(23)17-11-13-21-18(14-17)20-12-7-10-16-8-5-4-6-9-16/h4-6,8-9,11,13-15H,3,7,10,12H2,1-2H3,(H,20,21)(H,22,23). The summed E-state index contributed by atoms with van der Waals surface area (Å²) in [6, 6.07) is 14.1. The van der Waals surface area contributed by atoms with Crippen molar-refractivity contribution in [2.45, 2.75) is 39.2 Å². The Kier molecular flexibility index (Phi) is 6.60. The third kappa shape index (κ3) is 5.74. The second kappa shape index (κ2) is 8.93. The fourth-order valence-corrected chi connectivity index (χ4v) is 2.23.